The van der Waals surface area contributed by atoms with Gasteiger partial charge in [0.2, 0.25) is 0 Å². The summed E-state index contributed by atoms with van der Waals surface area (Å²) in [7, 11) is 0. The monoisotopic (exact) mass is 447 g/mol. The highest BCUT2D eigenvalue weighted by molar-refractivity contribution is 6.27. The number of hydrogen-bond donors (Lipinski definition) is 2. The van der Waals surface area contributed by atoms with Gasteiger partial charge < -0.3 is 15.1 Å². The fourth-order valence-electron chi connectivity index (χ4n) is 3.47. The molecule has 0 saturated carbocycles. The molecule has 2 heterocycles. The minimum Gasteiger partial charge on any atom is -0.473 e. The number of nitrogens with zero attached hydrogens (tertiary/aromatic N) is 3. The molecule has 170 valence electrons. The van der Waals surface area contributed by atoms with Crippen molar-refractivity contribution in [1.82, 2.24) is 14.8 Å². The molecule has 1 saturated heterocycles. The molecule has 1 fully saturated rings. The molecule has 0 bridgehead atoms. The van der Waals surface area contributed by atoms with Gasteiger partial charge in [0.25, 0.3) is 5.91 Å². The third kappa shape index (κ3) is 6.98. The molecule has 2 N–H and O–H groups in total. The van der Waals surface area contributed by atoms with Crippen LogP contribution in [-0.4, -0.2) is 69.0 Å². The smallest absolute Gasteiger partial charge is 0.414 e. The number of piperazine rings is 1. The van der Waals surface area contributed by atoms with Crippen LogP contribution in [0.25, 0.3) is 11.1 Å². The summed E-state index contributed by atoms with van der Waals surface area (Å²) in [6, 6.07) is 22.3. The number of amides is 1. The van der Waals surface area contributed by atoms with Gasteiger partial charge in [0.15, 0.2) is 0 Å². The van der Waals surface area contributed by atoms with Gasteiger partial charge in [-0.05, 0) is 41.0 Å². The second-order valence-electron chi connectivity index (χ2n) is 7.48. The quantitative estimate of drug-likeness (QED) is 0.592. The van der Waals surface area contributed by atoms with E-state index in [-0.39, 0.29) is 5.91 Å². The van der Waals surface area contributed by atoms with Gasteiger partial charge in [0.1, 0.15) is 0 Å². The Kier molecular flexibility index (Phi) is 8.26. The highest BCUT2D eigenvalue weighted by Gasteiger charge is 2.22. The summed E-state index contributed by atoms with van der Waals surface area (Å²) in [5.41, 5.74) is 4.33. The minimum absolute atomic E-state index is 0.123. The molecule has 1 aromatic heterocycles. The first kappa shape index (κ1) is 23.6. The first-order chi connectivity index (χ1) is 15.9. The first-order valence-electron chi connectivity index (χ1n) is 10.5. The van der Waals surface area contributed by atoms with Crippen molar-refractivity contribution in [3.8, 4) is 11.1 Å². The maximum absolute atomic E-state index is 12.8. The standard InChI is InChI=1S/C23H23N3O.C2H2O4/c27-23(22-8-6-21(7-9-22)20-4-2-1-3-5-20)26-16-14-25(15-17-26)18-19-10-12-24-13-11-19;3-1(4)2(5)6/h1-13H,14-18H2;(H,3,4)(H,5,6). The maximum Gasteiger partial charge on any atom is 0.414 e. The van der Waals surface area contributed by atoms with E-state index >= 15 is 0 Å². The van der Waals surface area contributed by atoms with Gasteiger partial charge in [-0.1, -0.05) is 42.5 Å². The topological polar surface area (TPSA) is 111 Å². The van der Waals surface area contributed by atoms with Crippen molar-refractivity contribution in [3.05, 3.63) is 90.3 Å². The second-order valence-corrected chi connectivity index (χ2v) is 7.48. The molecule has 1 aliphatic heterocycles. The number of aromatic nitrogens is 1. The third-order valence-corrected chi connectivity index (χ3v) is 5.24. The molecule has 1 amide bonds. The van der Waals surface area contributed by atoms with E-state index in [0.717, 1.165) is 43.9 Å². The van der Waals surface area contributed by atoms with Crippen LogP contribution in [0.1, 0.15) is 15.9 Å². The summed E-state index contributed by atoms with van der Waals surface area (Å²) >= 11 is 0. The Balaban J connectivity index is 0.000000454. The predicted octanol–water partition coefficient (Wildman–Crippen LogP) is 2.86. The average Bonchev–Trinajstić information content (AvgIpc) is 2.86. The molecule has 2 aromatic carbocycles. The van der Waals surface area contributed by atoms with Crippen LogP contribution in [0.15, 0.2) is 79.1 Å². The SMILES string of the molecule is O=C(O)C(=O)O.O=C(c1ccc(-c2ccccc2)cc1)N1CCN(Cc2ccncc2)CC1. The Morgan fingerprint density at radius 3 is 1.82 bits per heavy atom. The molecule has 0 radical (unpaired) electrons. The van der Waals surface area contributed by atoms with E-state index in [4.69, 9.17) is 19.8 Å². The van der Waals surface area contributed by atoms with E-state index in [1.165, 1.54) is 11.1 Å². The number of carbonyl (C=O) groups is 3. The Morgan fingerprint density at radius 1 is 0.727 bits per heavy atom. The number of rotatable bonds is 4. The highest BCUT2D eigenvalue weighted by Crippen LogP contribution is 2.20. The molecule has 4 rings (SSSR count). The predicted molar refractivity (Wildman–Crippen MR) is 123 cm³/mol. The Morgan fingerprint density at radius 2 is 1.27 bits per heavy atom. The maximum atomic E-state index is 12.8. The van der Waals surface area contributed by atoms with Crippen LogP contribution in [0, 0.1) is 0 Å². The third-order valence-electron chi connectivity index (χ3n) is 5.24. The lowest BCUT2D eigenvalue weighted by Gasteiger charge is -2.34. The lowest BCUT2D eigenvalue weighted by atomic mass is 10.0. The van der Waals surface area contributed by atoms with Crippen molar-refractivity contribution >= 4 is 17.8 Å². The minimum atomic E-state index is -1.82. The van der Waals surface area contributed by atoms with E-state index < -0.39 is 11.9 Å². The second kappa shape index (κ2) is 11.5. The molecule has 8 heteroatoms. The van der Waals surface area contributed by atoms with Crippen LogP contribution in [0.3, 0.4) is 0 Å². The molecule has 33 heavy (non-hydrogen) atoms. The molecule has 0 atom stereocenters. The molecule has 1 aliphatic rings. The van der Waals surface area contributed by atoms with Crippen molar-refractivity contribution in [2.75, 3.05) is 26.2 Å². The van der Waals surface area contributed by atoms with Gasteiger partial charge in [-0.15, -0.1) is 0 Å². The lowest BCUT2D eigenvalue weighted by molar-refractivity contribution is -0.159. The number of carboxylic acids is 2. The van der Waals surface area contributed by atoms with Crippen LogP contribution >= 0.6 is 0 Å². The molecular formula is C25H25N3O5. The number of aliphatic carboxylic acids is 2. The van der Waals surface area contributed by atoms with Crippen molar-refractivity contribution in [1.29, 1.82) is 0 Å². The van der Waals surface area contributed by atoms with E-state index in [0.29, 0.717) is 0 Å². The van der Waals surface area contributed by atoms with Crippen LogP contribution in [0.2, 0.25) is 0 Å². The summed E-state index contributed by atoms with van der Waals surface area (Å²) < 4.78 is 0. The van der Waals surface area contributed by atoms with E-state index in [1.54, 1.807) is 0 Å². The first-order valence-corrected chi connectivity index (χ1v) is 10.5. The number of pyridine rings is 1. The average molecular weight is 447 g/mol. The van der Waals surface area contributed by atoms with Gasteiger partial charge in [-0.25, -0.2) is 9.59 Å². The molecule has 3 aromatic rings. The van der Waals surface area contributed by atoms with Gasteiger partial charge in [0, 0.05) is 50.7 Å². The zero-order chi connectivity index (χ0) is 23.6. The molecular weight excluding hydrogens is 422 g/mol. The summed E-state index contributed by atoms with van der Waals surface area (Å²) in [6.45, 7) is 4.25. The van der Waals surface area contributed by atoms with Crippen molar-refractivity contribution in [2.24, 2.45) is 0 Å². The molecule has 0 spiro atoms. The zero-order valence-electron chi connectivity index (χ0n) is 18.0. The Bertz CT molecular complexity index is 1050. The van der Waals surface area contributed by atoms with Crippen molar-refractivity contribution < 1.29 is 24.6 Å². The van der Waals surface area contributed by atoms with Crippen LogP contribution in [0.5, 0.6) is 0 Å². The number of carboxylic acid groups (broad SMARTS) is 2. The summed E-state index contributed by atoms with van der Waals surface area (Å²) in [6.07, 6.45) is 3.66. The van der Waals surface area contributed by atoms with Gasteiger partial charge >= 0.3 is 11.9 Å². The van der Waals surface area contributed by atoms with Crippen LogP contribution in [0.4, 0.5) is 0 Å². The summed E-state index contributed by atoms with van der Waals surface area (Å²) in [4.78, 5) is 39.4. The van der Waals surface area contributed by atoms with Crippen molar-refractivity contribution in [2.45, 2.75) is 6.54 Å². The lowest BCUT2D eigenvalue weighted by Crippen LogP contribution is -2.48. The Labute approximate surface area is 191 Å². The number of hydrogen-bond acceptors (Lipinski definition) is 5. The number of carbonyl (C=O) groups excluding carboxylic acids is 1. The highest BCUT2D eigenvalue weighted by atomic mass is 16.4. The molecule has 8 nitrogen and oxygen atoms in total. The van der Waals surface area contributed by atoms with Gasteiger partial charge in [-0.2, -0.15) is 0 Å². The molecule has 0 aliphatic carbocycles. The largest absolute Gasteiger partial charge is 0.473 e. The summed E-state index contributed by atoms with van der Waals surface area (Å²) in [5, 5.41) is 14.8. The van der Waals surface area contributed by atoms with Crippen molar-refractivity contribution in [3.63, 3.8) is 0 Å². The normalized spacial score (nSPS) is 13.5. The Hall–Kier alpha value is -4.04. The fourth-order valence-corrected chi connectivity index (χ4v) is 3.47. The van der Waals surface area contributed by atoms with E-state index in [2.05, 4.69) is 22.0 Å². The van der Waals surface area contributed by atoms with E-state index in [9.17, 15) is 4.79 Å². The molecule has 0 unspecified atom stereocenters. The zero-order valence-corrected chi connectivity index (χ0v) is 18.0. The summed E-state index contributed by atoms with van der Waals surface area (Å²) in [5.74, 6) is -3.52. The fraction of sp³-hybridized carbons (Fsp3) is 0.200. The van der Waals surface area contributed by atoms with Crippen LogP contribution < -0.4 is 0 Å². The van der Waals surface area contributed by atoms with E-state index in [1.807, 2.05) is 71.9 Å². The number of benzene rings is 2. The van der Waals surface area contributed by atoms with Crippen LogP contribution in [-0.2, 0) is 16.1 Å². The van der Waals surface area contributed by atoms with Gasteiger partial charge in [0.05, 0.1) is 0 Å². The van der Waals surface area contributed by atoms with Gasteiger partial charge in [-0.3, -0.25) is 14.7 Å².